The van der Waals surface area contributed by atoms with E-state index in [1.54, 1.807) is 18.3 Å². The zero-order valence-electron chi connectivity index (χ0n) is 19.8. The van der Waals surface area contributed by atoms with E-state index in [4.69, 9.17) is 0 Å². The highest BCUT2D eigenvalue weighted by atomic mass is 19.4. The van der Waals surface area contributed by atoms with Gasteiger partial charge in [0.25, 0.3) is 5.91 Å². The van der Waals surface area contributed by atoms with E-state index in [-0.39, 0.29) is 5.91 Å². The van der Waals surface area contributed by atoms with Gasteiger partial charge in [-0.3, -0.25) is 9.78 Å². The van der Waals surface area contributed by atoms with E-state index in [1.807, 2.05) is 55.5 Å². The number of nitrogens with one attached hydrogen (secondary N) is 2. The minimum absolute atomic E-state index is 0.323. The van der Waals surface area contributed by atoms with E-state index in [1.165, 1.54) is 12.1 Å². The Kier molecular flexibility index (Phi) is 7.68. The normalized spacial score (nSPS) is 11.2. The first kappa shape index (κ1) is 25.0. The lowest BCUT2D eigenvalue weighted by molar-refractivity contribution is -0.137. The lowest BCUT2D eigenvalue weighted by atomic mass is 9.95. The van der Waals surface area contributed by atoms with Gasteiger partial charge in [0.1, 0.15) is 0 Å². The van der Waals surface area contributed by atoms with Crippen LogP contribution in [0.25, 0.3) is 11.1 Å². The van der Waals surface area contributed by atoms with Crippen LogP contribution >= 0.6 is 0 Å². The highest BCUT2D eigenvalue weighted by molar-refractivity contribution is 6.09. The number of hydrogen-bond acceptors (Lipinski definition) is 3. The zero-order chi connectivity index (χ0) is 25.5. The number of rotatable bonds is 8. The van der Waals surface area contributed by atoms with Crippen LogP contribution in [-0.4, -0.2) is 17.4 Å². The molecule has 0 aliphatic heterocycles. The molecule has 184 valence electrons. The van der Waals surface area contributed by atoms with Crippen molar-refractivity contribution in [2.24, 2.45) is 0 Å². The molecule has 0 unspecified atom stereocenters. The monoisotopic (exact) mass is 489 g/mol. The second-order valence-corrected chi connectivity index (χ2v) is 8.34. The fraction of sp³-hybridized carbons (Fsp3) is 0.172. The minimum atomic E-state index is -4.41. The molecule has 0 radical (unpaired) electrons. The molecule has 0 fully saturated rings. The Morgan fingerprint density at radius 3 is 2.25 bits per heavy atom. The Morgan fingerprint density at radius 1 is 0.889 bits per heavy atom. The predicted molar refractivity (Wildman–Crippen MR) is 137 cm³/mol. The first-order valence-electron chi connectivity index (χ1n) is 11.7. The van der Waals surface area contributed by atoms with E-state index < -0.39 is 11.7 Å². The van der Waals surface area contributed by atoms with Gasteiger partial charge in [-0.05, 0) is 77.7 Å². The maximum Gasteiger partial charge on any atom is 0.416 e. The van der Waals surface area contributed by atoms with Crippen molar-refractivity contribution in [3.05, 3.63) is 114 Å². The molecule has 0 spiro atoms. The van der Waals surface area contributed by atoms with Crippen LogP contribution in [0.1, 0.15) is 34.1 Å². The van der Waals surface area contributed by atoms with Crippen LogP contribution in [0.15, 0.2) is 91.1 Å². The number of hydrogen-bond donors (Lipinski definition) is 2. The van der Waals surface area contributed by atoms with Crippen LogP contribution in [0.4, 0.5) is 24.5 Å². The summed E-state index contributed by atoms with van der Waals surface area (Å²) in [4.78, 5) is 17.5. The number of amides is 1. The molecule has 4 aromatic rings. The molecule has 0 bridgehead atoms. The fourth-order valence-electron chi connectivity index (χ4n) is 3.84. The Morgan fingerprint density at radius 2 is 1.61 bits per heavy atom. The van der Waals surface area contributed by atoms with Gasteiger partial charge in [-0.1, -0.05) is 37.3 Å². The van der Waals surface area contributed by atoms with Crippen molar-refractivity contribution in [3.8, 4) is 11.1 Å². The summed E-state index contributed by atoms with van der Waals surface area (Å²) in [6, 6.07) is 23.5. The minimum Gasteiger partial charge on any atom is -0.385 e. The standard InChI is InChI=1S/C29H26F3N3O/c1-2-20-6-15-26(21-7-9-22(10-8-21)29(30,31)32)27(19-20)28(36)35-25-13-11-24(12-14-25)34-18-16-23-5-3-4-17-33-23/h3-15,17,19,34H,2,16,18H2,1H3,(H,35,36). The molecule has 7 heteroatoms. The summed E-state index contributed by atoms with van der Waals surface area (Å²) < 4.78 is 38.9. The third kappa shape index (κ3) is 6.30. The molecule has 0 atom stereocenters. The van der Waals surface area contributed by atoms with Gasteiger partial charge in [-0.2, -0.15) is 13.2 Å². The van der Waals surface area contributed by atoms with E-state index in [2.05, 4.69) is 15.6 Å². The number of anilines is 2. The molecular weight excluding hydrogens is 463 g/mol. The maximum absolute atomic E-state index is 13.2. The van der Waals surface area contributed by atoms with Crippen molar-refractivity contribution in [3.63, 3.8) is 0 Å². The lowest BCUT2D eigenvalue weighted by Gasteiger charge is -2.14. The Hall–Kier alpha value is -4.13. The van der Waals surface area contributed by atoms with Gasteiger partial charge < -0.3 is 10.6 Å². The van der Waals surface area contributed by atoms with Crippen LogP contribution in [0.2, 0.25) is 0 Å². The molecular formula is C29H26F3N3O. The van der Waals surface area contributed by atoms with Crippen molar-refractivity contribution in [1.82, 2.24) is 4.98 Å². The van der Waals surface area contributed by atoms with E-state index in [0.29, 0.717) is 22.4 Å². The number of carbonyl (C=O) groups excluding carboxylic acids is 1. The first-order valence-corrected chi connectivity index (χ1v) is 11.7. The molecule has 0 saturated carbocycles. The lowest BCUT2D eigenvalue weighted by Crippen LogP contribution is -2.14. The molecule has 3 aromatic carbocycles. The third-order valence-corrected chi connectivity index (χ3v) is 5.84. The summed E-state index contributed by atoms with van der Waals surface area (Å²) in [6.45, 7) is 2.71. The summed E-state index contributed by atoms with van der Waals surface area (Å²) in [7, 11) is 0. The number of pyridine rings is 1. The fourth-order valence-corrected chi connectivity index (χ4v) is 3.84. The largest absolute Gasteiger partial charge is 0.416 e. The molecule has 36 heavy (non-hydrogen) atoms. The van der Waals surface area contributed by atoms with E-state index >= 15 is 0 Å². The molecule has 4 nitrogen and oxygen atoms in total. The topological polar surface area (TPSA) is 54.0 Å². The number of carbonyl (C=O) groups is 1. The molecule has 0 aliphatic carbocycles. The second-order valence-electron chi connectivity index (χ2n) is 8.34. The molecule has 1 heterocycles. The molecule has 1 amide bonds. The Labute approximate surface area is 208 Å². The van der Waals surface area contributed by atoms with Crippen LogP contribution in [-0.2, 0) is 19.0 Å². The highest BCUT2D eigenvalue weighted by Crippen LogP contribution is 2.32. The molecule has 4 rings (SSSR count). The van der Waals surface area contributed by atoms with Crippen LogP contribution in [0.3, 0.4) is 0 Å². The summed E-state index contributed by atoms with van der Waals surface area (Å²) in [5, 5.41) is 6.24. The van der Waals surface area contributed by atoms with Gasteiger partial charge in [0.05, 0.1) is 5.56 Å². The third-order valence-electron chi connectivity index (χ3n) is 5.84. The average Bonchev–Trinajstić information content (AvgIpc) is 2.89. The number of nitrogens with zero attached hydrogens (tertiary/aromatic N) is 1. The average molecular weight is 490 g/mol. The van der Waals surface area contributed by atoms with E-state index in [0.717, 1.165) is 48.5 Å². The predicted octanol–water partition coefficient (Wildman–Crippen LogP) is 7.24. The van der Waals surface area contributed by atoms with Crippen molar-refractivity contribution < 1.29 is 18.0 Å². The van der Waals surface area contributed by atoms with Crippen LogP contribution in [0.5, 0.6) is 0 Å². The zero-order valence-corrected chi connectivity index (χ0v) is 19.8. The molecule has 2 N–H and O–H groups in total. The van der Waals surface area contributed by atoms with Crippen molar-refractivity contribution in [1.29, 1.82) is 0 Å². The SMILES string of the molecule is CCc1ccc(-c2ccc(C(F)(F)F)cc2)c(C(=O)Nc2ccc(NCCc3ccccn3)cc2)c1. The number of halogens is 3. The van der Waals surface area contributed by atoms with Gasteiger partial charge in [-0.15, -0.1) is 0 Å². The Bertz CT molecular complexity index is 1300. The summed E-state index contributed by atoms with van der Waals surface area (Å²) in [5.41, 5.74) is 4.31. The number of benzene rings is 3. The molecule has 1 aromatic heterocycles. The van der Waals surface area contributed by atoms with Crippen LogP contribution < -0.4 is 10.6 Å². The number of aromatic nitrogens is 1. The van der Waals surface area contributed by atoms with Gasteiger partial charge in [0.15, 0.2) is 0 Å². The van der Waals surface area contributed by atoms with E-state index in [9.17, 15) is 18.0 Å². The molecule has 0 saturated heterocycles. The van der Waals surface area contributed by atoms with Crippen molar-refractivity contribution >= 4 is 17.3 Å². The van der Waals surface area contributed by atoms with Crippen LogP contribution in [0, 0.1) is 0 Å². The van der Waals surface area contributed by atoms with Gasteiger partial charge in [-0.25, -0.2) is 0 Å². The van der Waals surface area contributed by atoms with Gasteiger partial charge in [0, 0.05) is 41.8 Å². The number of alkyl halides is 3. The summed E-state index contributed by atoms with van der Waals surface area (Å²) >= 11 is 0. The van der Waals surface area contributed by atoms with Crippen molar-refractivity contribution in [2.75, 3.05) is 17.2 Å². The quantitative estimate of drug-likeness (QED) is 0.274. The smallest absolute Gasteiger partial charge is 0.385 e. The second kappa shape index (κ2) is 11.1. The highest BCUT2D eigenvalue weighted by Gasteiger charge is 2.30. The van der Waals surface area contributed by atoms with Gasteiger partial charge in [0.2, 0.25) is 0 Å². The molecule has 0 aliphatic rings. The summed E-state index contributed by atoms with van der Waals surface area (Å²) in [5.74, 6) is -0.323. The van der Waals surface area contributed by atoms with Crippen molar-refractivity contribution in [2.45, 2.75) is 25.9 Å². The Balaban J connectivity index is 1.47. The first-order chi connectivity index (χ1) is 17.3. The number of aryl methyl sites for hydroxylation is 1. The maximum atomic E-state index is 13.2. The van der Waals surface area contributed by atoms with Gasteiger partial charge >= 0.3 is 6.18 Å². The summed E-state index contributed by atoms with van der Waals surface area (Å²) in [6.07, 6.45) is -1.12.